The van der Waals surface area contributed by atoms with E-state index in [1.807, 2.05) is 224 Å². The van der Waals surface area contributed by atoms with E-state index in [1.54, 1.807) is 12.5 Å². The summed E-state index contributed by atoms with van der Waals surface area (Å²) in [7, 11) is 0. The van der Waals surface area contributed by atoms with Gasteiger partial charge in [-0.1, -0.05) is 300 Å². The Balaban J connectivity index is 0.000000113. The van der Waals surface area contributed by atoms with Crippen LogP contribution in [-0.2, 0) is 27.1 Å². The molecule has 0 radical (unpaired) electrons. The Kier molecular flexibility index (Phi) is 26.9. The molecule has 113 heavy (non-hydrogen) atoms. The Hall–Kier alpha value is -6.85. The van der Waals surface area contributed by atoms with Gasteiger partial charge in [0.05, 0.1) is 34.4 Å². The van der Waals surface area contributed by atoms with Crippen LogP contribution in [0, 0.1) is 7.43 Å². The summed E-state index contributed by atoms with van der Waals surface area (Å²) in [6.45, 7) is 2.00. The van der Waals surface area contributed by atoms with Crippen LogP contribution in [0.15, 0.2) is 315 Å². The number of alkyl halides is 2. The van der Waals surface area contributed by atoms with Gasteiger partial charge in [0, 0.05) is 90.1 Å². The number of carbonyl (C=O) groups excluding carboxylic acids is 2. The zero-order valence-corrected chi connectivity index (χ0v) is 75.6. The molecule has 1 aromatic heterocycles. The van der Waals surface area contributed by atoms with Crippen LogP contribution in [0.1, 0.15) is 136 Å². The van der Waals surface area contributed by atoms with Crippen molar-refractivity contribution in [2.24, 2.45) is 0 Å². The molecule has 2 aliphatic carbocycles. The molecule has 14 aromatic carbocycles. The molecule has 15 aromatic rings. The monoisotopic (exact) mass is 1960 g/mol. The third-order valence-electron chi connectivity index (χ3n) is 21.2. The standard InChI is InChI=1S/C19H13BrO2.C19H11BrO2.C19H11BrO.C15H9Br3O.C15H11BrO.C4H8O.C4H4O.CH3.K/c2*20-10-5-6-12-14(9-10)19(21)13-4-2-1-3-11(13)17-15-7-8-16(22-15)18(12)17;20-12-9-10-16-14-6-2-1-5-13(14)15-7-3-4-8-17(15)19(21)18(16)11-12;16-8-5-6-10-12(7-8)15(19)11-4-2-1-3-9(11)13(17)14(10)18;16-12-8-7-11-6-5-10-3-1-2-4-13(10)15(17)14(11)9-12;2*1-2-4-5-3-1;;/h1-6,9,15-16H,7-8H2;1-9,15-16H;1-11H;1-7,13-14H;1-4,7-9H,5-6H2;1-4H2;1-4H;1H3;/q;;;;;;;-1;+1. The van der Waals surface area contributed by atoms with Crippen LogP contribution in [-0.4, -0.2) is 24.8 Å². The molecule has 558 valence electrons. The van der Waals surface area contributed by atoms with E-state index in [0.717, 1.165) is 192 Å². The molecule has 22 rings (SSSR count). The van der Waals surface area contributed by atoms with Crippen LogP contribution < -0.4 is 67.7 Å². The molecule has 6 unspecified atom stereocenters. The molecule has 4 bridgehead atoms. The van der Waals surface area contributed by atoms with Crippen molar-refractivity contribution in [2.75, 3.05) is 13.2 Å². The van der Waals surface area contributed by atoms with Crippen molar-refractivity contribution in [3.05, 3.63) is 401 Å². The summed E-state index contributed by atoms with van der Waals surface area (Å²) < 4.78 is 26.4. The first-order valence-corrected chi connectivity index (χ1v) is 42.4. The summed E-state index contributed by atoms with van der Waals surface area (Å²) in [4.78, 5) is 64.3. The Bertz CT molecular complexity index is 6420. The van der Waals surface area contributed by atoms with Gasteiger partial charge in [0.15, 0.2) is 27.9 Å². The minimum atomic E-state index is -0.0427. The number of hydrogen-bond donors (Lipinski definition) is 0. The smallest absolute Gasteiger partial charge is 0.473 e. The fourth-order valence-electron chi connectivity index (χ4n) is 16.1. The van der Waals surface area contributed by atoms with Gasteiger partial charge in [0.25, 0.3) is 0 Å². The quantitative estimate of drug-likeness (QED) is 0.0631. The zero-order valence-electron chi connectivity index (χ0n) is 61.4. The Morgan fingerprint density at radius 2 is 0.664 bits per heavy atom. The van der Waals surface area contributed by atoms with Gasteiger partial charge in [0.2, 0.25) is 0 Å². The molecule has 0 N–H and O–H groups in total. The Morgan fingerprint density at radius 3 is 1.17 bits per heavy atom. The van der Waals surface area contributed by atoms with E-state index in [1.165, 1.54) is 24.0 Å². The van der Waals surface area contributed by atoms with Crippen LogP contribution in [0.5, 0.6) is 0 Å². The van der Waals surface area contributed by atoms with Crippen molar-refractivity contribution >= 4 is 198 Å². The van der Waals surface area contributed by atoms with E-state index >= 15 is 0 Å². The number of ether oxygens (including phenoxy) is 3. The van der Waals surface area contributed by atoms with Crippen molar-refractivity contribution in [1.29, 1.82) is 0 Å². The summed E-state index contributed by atoms with van der Waals surface area (Å²) in [5, 5.41) is 12.9. The fourth-order valence-corrected chi connectivity index (χ4v) is 19.3. The average Bonchev–Trinajstić information content (AvgIpc) is 1.59. The Morgan fingerprint density at radius 1 is 0.310 bits per heavy atom. The third kappa shape index (κ3) is 16.9. The van der Waals surface area contributed by atoms with Gasteiger partial charge in [-0.15, -0.1) is 0 Å². The summed E-state index contributed by atoms with van der Waals surface area (Å²) >= 11 is 24.7. The van der Waals surface area contributed by atoms with Gasteiger partial charge < -0.3 is 26.1 Å². The minimum absolute atomic E-state index is 0. The van der Waals surface area contributed by atoms with Gasteiger partial charge in [-0.05, 0) is 199 Å². The molecular weight excluding hydrogens is 1900 g/mol. The van der Waals surface area contributed by atoms with E-state index in [9.17, 15) is 24.0 Å². The zero-order chi connectivity index (χ0) is 76.6. The molecule has 6 atom stereocenters. The number of benzene rings is 11. The summed E-state index contributed by atoms with van der Waals surface area (Å²) in [5.74, 6) is 0.229. The molecule has 2 fully saturated rings. The van der Waals surface area contributed by atoms with E-state index in [-0.39, 0.29) is 121 Å². The van der Waals surface area contributed by atoms with E-state index in [0.29, 0.717) is 0 Å². The van der Waals surface area contributed by atoms with E-state index < -0.39 is 0 Å². The van der Waals surface area contributed by atoms with Gasteiger partial charge in [-0.2, -0.15) is 0 Å². The first kappa shape index (κ1) is 82.7. The van der Waals surface area contributed by atoms with E-state index in [2.05, 4.69) is 152 Å². The summed E-state index contributed by atoms with van der Waals surface area (Å²) in [5.41, 5.74) is 12.6. The second kappa shape index (κ2) is 36.8. The SMILES string of the molecule is C1CCOC1.O=C1c2ccccc2C(Br)C(Br)c2ccc(Br)cc21.O=C1c2ccccc2CCc2ccc(Br)cc21.O=c1c2ccccc2c2c(c3ccc(Br)cc13)C1C=CC2O1.O=c1c2ccccc2c2c(c3ccc(Br)cc13)C1CCC2O1.O=c1c2ccccc2c2ccccc2c2ccc(Br)cc12.[CH3-].[K+].c1ccoc1. The topological polar surface area (TPSA) is 126 Å². The van der Waals surface area contributed by atoms with Crippen molar-refractivity contribution in [1.82, 2.24) is 0 Å². The maximum Gasteiger partial charge on any atom is 1.00 e. The van der Waals surface area contributed by atoms with Gasteiger partial charge >= 0.3 is 51.4 Å². The third-order valence-corrected chi connectivity index (χ3v) is 26.5. The maximum absolute atomic E-state index is 13.1. The minimum Gasteiger partial charge on any atom is -0.473 e. The van der Waals surface area contributed by atoms with Crippen LogP contribution in [0.4, 0.5) is 0 Å². The average molecular weight is 1970 g/mol. The number of carbonyl (C=O) groups is 2. The first-order valence-electron chi connectivity index (χ1n) is 36.6. The van der Waals surface area contributed by atoms with Crippen LogP contribution in [0.3, 0.4) is 0 Å². The van der Waals surface area contributed by atoms with Crippen molar-refractivity contribution in [3.8, 4) is 0 Å². The number of aryl methyl sites for hydroxylation is 2. The molecule has 17 heteroatoms. The maximum atomic E-state index is 13.1. The molecule has 0 saturated carbocycles. The normalized spacial score (nSPS) is 17.8. The number of furan rings is 1. The number of fused-ring (bicyclic) bond motifs is 27. The van der Waals surface area contributed by atoms with Gasteiger partial charge in [0.1, 0.15) is 12.2 Å². The first-order chi connectivity index (χ1) is 54.1. The summed E-state index contributed by atoms with van der Waals surface area (Å²) in [6, 6.07) is 80.8. The number of hydrogen-bond acceptors (Lipinski definition) is 9. The van der Waals surface area contributed by atoms with Crippen LogP contribution >= 0.6 is 112 Å². The van der Waals surface area contributed by atoms with Gasteiger partial charge in [-0.25, -0.2) is 0 Å². The molecule has 6 heterocycles. The number of rotatable bonds is 0. The van der Waals surface area contributed by atoms with Crippen molar-refractivity contribution < 1.29 is 79.6 Å². The Labute approximate surface area is 755 Å². The molecule has 0 spiro atoms. The van der Waals surface area contributed by atoms with Crippen molar-refractivity contribution in [3.63, 3.8) is 0 Å². The molecule has 5 aliphatic heterocycles. The second-order valence-corrected chi connectivity index (χ2v) is 34.4. The van der Waals surface area contributed by atoms with Crippen LogP contribution in [0.25, 0.3) is 75.4 Å². The second-order valence-electron chi connectivity index (χ2n) is 27.8. The molecule has 9 nitrogen and oxygen atoms in total. The predicted molar refractivity (Wildman–Crippen MR) is 479 cm³/mol. The molecule has 7 aliphatic rings. The molecule has 2 saturated heterocycles. The number of halogens is 7. The van der Waals surface area contributed by atoms with E-state index in [4.69, 9.17) is 14.2 Å². The van der Waals surface area contributed by atoms with Crippen molar-refractivity contribution in [2.45, 2.75) is 72.6 Å². The fraction of sp³-hybridized carbons (Fsp3) is 0.146. The summed E-state index contributed by atoms with van der Waals surface area (Å²) in [6.07, 6.45) is 14.2. The molecule has 0 amide bonds. The molecular formula is C96H70Br7KO9. The van der Waals surface area contributed by atoms with Crippen LogP contribution in [0.2, 0.25) is 0 Å². The predicted octanol–water partition coefficient (Wildman–Crippen LogP) is 24.0. The largest absolute Gasteiger partial charge is 1.00 e. The number of ketones is 2. The van der Waals surface area contributed by atoms with Gasteiger partial charge in [-0.3, -0.25) is 24.0 Å².